The van der Waals surface area contributed by atoms with E-state index in [1.165, 1.54) is 83.1 Å². The highest BCUT2D eigenvalue weighted by Crippen LogP contribution is 2.48. The van der Waals surface area contributed by atoms with Crippen molar-refractivity contribution >= 4 is 0 Å². The minimum atomic E-state index is 0.0872. The SMILES string of the molecule is N#CC=C(C#N)C1CCCC2C3NC4NC(NC5NC(NC6NC(NC(N3)C12)C1CCCCC61)C1CCCCC51)C1CCCCC41. The van der Waals surface area contributed by atoms with Gasteiger partial charge in [0.15, 0.2) is 0 Å². The molecule has 9 rings (SSSR count). The van der Waals surface area contributed by atoms with E-state index in [4.69, 9.17) is 0 Å². The van der Waals surface area contributed by atoms with Crippen molar-refractivity contribution in [3.8, 4) is 12.1 Å². The normalized spacial score (nSPS) is 53.3. The van der Waals surface area contributed by atoms with Gasteiger partial charge in [-0.1, -0.05) is 44.9 Å². The Balaban J connectivity index is 1.08. The summed E-state index contributed by atoms with van der Waals surface area (Å²) in [6, 6.07) is 4.67. The molecule has 4 saturated carbocycles. The third-order valence-electron chi connectivity index (χ3n) is 14.6. The average Bonchev–Trinajstić information content (AvgIpc) is 3.83. The van der Waals surface area contributed by atoms with Crippen LogP contribution in [0.2, 0.25) is 0 Å². The topological polar surface area (TPSA) is 144 Å². The second-order valence-corrected chi connectivity index (χ2v) is 16.6. The predicted octanol–water partition coefficient (Wildman–Crippen LogP) is 2.81. The number of nitrogens with one attached hydrogen (secondary N) is 8. The third-order valence-corrected chi connectivity index (χ3v) is 14.6. The Morgan fingerprint density at radius 3 is 1.09 bits per heavy atom. The molecule has 17 atom stereocenters. The van der Waals surface area contributed by atoms with Gasteiger partial charge in [0.25, 0.3) is 0 Å². The number of rotatable bonds is 1. The van der Waals surface area contributed by atoms with Gasteiger partial charge in [-0.2, -0.15) is 10.5 Å². The van der Waals surface area contributed by atoms with E-state index in [0.717, 1.165) is 19.3 Å². The van der Waals surface area contributed by atoms with Gasteiger partial charge < -0.3 is 0 Å². The molecule has 5 saturated heterocycles. The molecule has 9 aliphatic rings. The van der Waals surface area contributed by atoms with Crippen molar-refractivity contribution in [2.45, 2.75) is 146 Å². The van der Waals surface area contributed by atoms with Crippen LogP contribution in [0.15, 0.2) is 11.6 Å². The van der Waals surface area contributed by atoms with E-state index in [1.807, 2.05) is 0 Å². The van der Waals surface area contributed by atoms with E-state index in [-0.39, 0.29) is 36.5 Å². The van der Waals surface area contributed by atoms with Gasteiger partial charge in [-0.05, 0) is 92.8 Å². The predicted molar refractivity (Wildman–Crippen MR) is 175 cm³/mol. The Labute approximate surface area is 275 Å². The summed E-state index contributed by atoms with van der Waals surface area (Å²) in [6.45, 7) is 0. The molecule has 0 aromatic carbocycles. The molecule has 5 aliphatic heterocycles. The third kappa shape index (κ3) is 5.18. The van der Waals surface area contributed by atoms with Gasteiger partial charge in [0.1, 0.15) is 0 Å². The monoisotopic (exact) mass is 628 g/mol. The molecule has 9 fully saturated rings. The smallest absolute Gasteiger partial charge is 0.0957 e. The Morgan fingerprint density at radius 2 is 0.739 bits per heavy atom. The lowest BCUT2D eigenvalue weighted by Gasteiger charge is -2.39. The van der Waals surface area contributed by atoms with Crippen molar-refractivity contribution in [1.29, 1.82) is 10.5 Å². The standard InChI is InChI=1S/C36H56N10/c37-17-16-19(18-38)20-14-7-15-27-28(20)36-45-34-26-13-6-5-12-25(26)32(43-34)41-30-22-9-2-1-8-21(22)29(39-30)40-31-23-10-3-4-11-24(23)33(42-31)44-35(27)46-36/h16,20-36,39-46H,1-15H2. The number of hydrogen-bond donors (Lipinski definition) is 8. The Bertz CT molecular complexity index is 1240. The first-order valence-electron chi connectivity index (χ1n) is 19.3. The lowest BCUT2D eigenvalue weighted by Crippen LogP contribution is -2.61. The summed E-state index contributed by atoms with van der Waals surface area (Å²) in [5.74, 6) is 4.64. The highest BCUT2D eigenvalue weighted by atomic mass is 15.4. The van der Waals surface area contributed by atoms with Gasteiger partial charge in [0, 0.05) is 23.5 Å². The number of nitrogens with zero attached hydrogens (tertiary/aromatic N) is 2. The van der Waals surface area contributed by atoms with Gasteiger partial charge >= 0.3 is 0 Å². The van der Waals surface area contributed by atoms with Gasteiger partial charge in [-0.25, -0.2) is 0 Å². The van der Waals surface area contributed by atoms with E-state index in [9.17, 15) is 10.5 Å². The summed E-state index contributed by atoms with van der Waals surface area (Å²) in [5.41, 5.74) is 0.673. The van der Waals surface area contributed by atoms with Crippen LogP contribution in [-0.2, 0) is 0 Å². The van der Waals surface area contributed by atoms with Crippen LogP contribution in [0.3, 0.4) is 0 Å². The van der Waals surface area contributed by atoms with E-state index in [2.05, 4.69) is 54.7 Å². The lowest BCUT2D eigenvalue weighted by atomic mass is 9.68. The summed E-state index contributed by atoms with van der Waals surface area (Å²) in [5, 5.41) is 53.2. The second kappa shape index (κ2) is 12.7. The fourth-order valence-electron chi connectivity index (χ4n) is 12.7. The highest BCUT2D eigenvalue weighted by Gasteiger charge is 2.55. The molecule has 17 unspecified atom stereocenters. The molecule has 4 aliphatic carbocycles. The van der Waals surface area contributed by atoms with Crippen LogP contribution in [0, 0.1) is 75.9 Å². The van der Waals surface area contributed by atoms with E-state index in [0.29, 0.717) is 71.7 Å². The van der Waals surface area contributed by atoms with Crippen LogP contribution < -0.4 is 42.5 Å². The summed E-state index contributed by atoms with van der Waals surface area (Å²) in [7, 11) is 0. The number of fused-ring (bicyclic) bond motifs is 20. The Kier molecular flexibility index (Phi) is 8.40. The van der Waals surface area contributed by atoms with Crippen LogP contribution in [0.25, 0.3) is 0 Å². The fourth-order valence-corrected chi connectivity index (χ4v) is 12.7. The zero-order valence-corrected chi connectivity index (χ0v) is 27.4. The van der Waals surface area contributed by atoms with Gasteiger partial charge in [-0.15, -0.1) is 0 Å². The molecule has 10 nitrogen and oxygen atoms in total. The van der Waals surface area contributed by atoms with Crippen LogP contribution in [-0.4, -0.2) is 49.3 Å². The number of nitriles is 2. The summed E-state index contributed by atoms with van der Waals surface area (Å²) >= 11 is 0. The molecule has 46 heavy (non-hydrogen) atoms. The van der Waals surface area contributed by atoms with Gasteiger partial charge in [0.2, 0.25) is 0 Å². The molecule has 0 spiro atoms. The molecular weight excluding hydrogens is 572 g/mol. The number of hydrogen-bond acceptors (Lipinski definition) is 10. The zero-order chi connectivity index (χ0) is 30.8. The van der Waals surface area contributed by atoms with Crippen molar-refractivity contribution in [2.75, 3.05) is 0 Å². The Morgan fingerprint density at radius 1 is 0.413 bits per heavy atom. The molecule has 0 amide bonds. The fraction of sp³-hybridized carbons (Fsp3) is 0.889. The largest absolute Gasteiger partial charge is 0.286 e. The quantitative estimate of drug-likeness (QED) is 0.204. The summed E-state index contributed by atoms with van der Waals surface area (Å²) < 4.78 is 0. The molecule has 5 heterocycles. The van der Waals surface area contributed by atoms with E-state index in [1.54, 1.807) is 0 Å². The summed E-state index contributed by atoms with van der Waals surface area (Å²) in [6.07, 6.45) is 22.6. The van der Waals surface area contributed by atoms with Crippen molar-refractivity contribution in [2.24, 2.45) is 53.3 Å². The van der Waals surface area contributed by atoms with Crippen molar-refractivity contribution in [3.05, 3.63) is 11.6 Å². The van der Waals surface area contributed by atoms with Crippen LogP contribution in [0.4, 0.5) is 0 Å². The Hall–Kier alpha value is -1.60. The lowest BCUT2D eigenvalue weighted by molar-refractivity contribution is 0.142. The molecule has 10 heteroatoms. The van der Waals surface area contributed by atoms with Crippen LogP contribution >= 0.6 is 0 Å². The molecule has 8 N–H and O–H groups in total. The van der Waals surface area contributed by atoms with Crippen molar-refractivity contribution in [3.63, 3.8) is 0 Å². The average molecular weight is 629 g/mol. The zero-order valence-electron chi connectivity index (χ0n) is 27.4. The molecule has 8 bridgehead atoms. The van der Waals surface area contributed by atoms with Crippen molar-refractivity contribution in [1.82, 2.24) is 42.5 Å². The maximum absolute atomic E-state index is 10.2. The van der Waals surface area contributed by atoms with Gasteiger partial charge in [-0.3, -0.25) is 42.5 Å². The molecular formula is C36H56N10. The van der Waals surface area contributed by atoms with Gasteiger partial charge in [0.05, 0.1) is 61.5 Å². The van der Waals surface area contributed by atoms with E-state index < -0.39 is 0 Å². The van der Waals surface area contributed by atoms with Crippen molar-refractivity contribution < 1.29 is 0 Å². The molecule has 0 aromatic heterocycles. The first kappa shape index (κ1) is 30.5. The first-order chi connectivity index (χ1) is 22.7. The highest BCUT2D eigenvalue weighted by molar-refractivity contribution is 5.31. The summed E-state index contributed by atoms with van der Waals surface area (Å²) in [4.78, 5) is 0. The molecule has 0 radical (unpaired) electrons. The van der Waals surface area contributed by atoms with Crippen LogP contribution in [0.5, 0.6) is 0 Å². The first-order valence-corrected chi connectivity index (χ1v) is 19.3. The maximum Gasteiger partial charge on any atom is 0.0957 e. The minimum Gasteiger partial charge on any atom is -0.286 e. The minimum absolute atomic E-state index is 0.0872. The second-order valence-electron chi connectivity index (χ2n) is 16.6. The maximum atomic E-state index is 10.2. The van der Waals surface area contributed by atoms with E-state index >= 15 is 0 Å². The number of allylic oxidation sites excluding steroid dienone is 2. The van der Waals surface area contributed by atoms with Crippen LogP contribution in [0.1, 0.15) is 96.3 Å². The molecule has 250 valence electrons. The molecule has 0 aromatic rings.